The molecule has 2 N–H and O–H groups in total. The fraction of sp³-hybridized carbons (Fsp3) is 0.462. The van der Waals surface area contributed by atoms with Gasteiger partial charge in [-0.15, -0.1) is 0 Å². The van der Waals surface area contributed by atoms with E-state index >= 15 is 0 Å². The molecule has 0 saturated carbocycles. The molecule has 8 nitrogen and oxygen atoms in total. The van der Waals surface area contributed by atoms with Crippen LogP contribution < -0.4 is 14.9 Å². The topological polar surface area (TPSA) is 115 Å². The fourth-order valence-corrected chi connectivity index (χ4v) is 4.65. The van der Waals surface area contributed by atoms with Crippen molar-refractivity contribution in [2.45, 2.75) is 71.5 Å². The third kappa shape index (κ3) is 4.13. The lowest BCUT2D eigenvalue weighted by Crippen LogP contribution is -2.32. The zero-order chi connectivity index (χ0) is 25.0. The lowest BCUT2D eigenvalue weighted by Gasteiger charge is -2.33. The lowest BCUT2D eigenvalue weighted by molar-refractivity contribution is -0.154. The lowest BCUT2D eigenvalue weighted by atomic mass is 9.91. The van der Waals surface area contributed by atoms with Crippen molar-refractivity contribution in [1.29, 1.82) is 0 Å². The van der Waals surface area contributed by atoms with Gasteiger partial charge in [0.2, 0.25) is 5.43 Å². The van der Waals surface area contributed by atoms with Crippen LogP contribution >= 0.6 is 0 Å². The Balaban J connectivity index is 1.95. The molecule has 0 aliphatic carbocycles. The first-order valence-electron chi connectivity index (χ1n) is 11.3. The molecule has 2 aromatic carbocycles. The van der Waals surface area contributed by atoms with Gasteiger partial charge in [-0.05, 0) is 53.4 Å². The van der Waals surface area contributed by atoms with Gasteiger partial charge < -0.3 is 28.8 Å². The third-order valence-corrected chi connectivity index (χ3v) is 6.29. The monoisotopic (exact) mass is 470 g/mol. The molecule has 1 aliphatic heterocycles. The molecule has 2 heterocycles. The van der Waals surface area contributed by atoms with E-state index in [4.69, 9.17) is 18.6 Å². The summed E-state index contributed by atoms with van der Waals surface area (Å²) >= 11 is 0. The minimum Gasteiger partial charge on any atom is -0.507 e. The summed E-state index contributed by atoms with van der Waals surface area (Å²) < 4.78 is 22.8. The Morgan fingerprint density at radius 1 is 1.18 bits per heavy atom. The summed E-state index contributed by atoms with van der Waals surface area (Å²) in [6, 6.07) is 2.95. The number of carbonyl (C=O) groups excluding carboxylic acids is 1. The first kappa shape index (κ1) is 23.7. The van der Waals surface area contributed by atoms with Gasteiger partial charge in [0.25, 0.3) is 0 Å². The summed E-state index contributed by atoms with van der Waals surface area (Å²) in [7, 11) is 1.40. The molecule has 0 atom stereocenters. The van der Waals surface area contributed by atoms with Gasteiger partial charge in [-0.2, -0.15) is 0 Å². The Morgan fingerprint density at radius 2 is 1.85 bits per heavy atom. The van der Waals surface area contributed by atoms with E-state index in [1.165, 1.54) is 20.1 Å². The molecule has 182 valence electrons. The summed E-state index contributed by atoms with van der Waals surface area (Å²) in [6.07, 6.45) is 1.87. The first-order chi connectivity index (χ1) is 15.8. The summed E-state index contributed by atoms with van der Waals surface area (Å²) in [4.78, 5) is 25.2. The highest BCUT2D eigenvalue weighted by Crippen LogP contribution is 2.44. The number of fused-ring (bicyclic) bond motifs is 3. The number of aryl methyl sites for hydroxylation is 1. The molecule has 8 heteroatoms. The van der Waals surface area contributed by atoms with Crippen LogP contribution in [0.5, 0.6) is 23.0 Å². The average Bonchev–Trinajstić information content (AvgIpc) is 2.69. The molecular weight excluding hydrogens is 440 g/mol. The molecule has 1 aromatic heterocycles. The number of phenols is 2. The van der Waals surface area contributed by atoms with Crippen molar-refractivity contribution >= 4 is 27.9 Å². The number of carbonyl (C=O) groups is 1. The van der Waals surface area contributed by atoms with Gasteiger partial charge in [0.1, 0.15) is 39.3 Å². The van der Waals surface area contributed by atoms with Crippen molar-refractivity contribution in [3.8, 4) is 23.0 Å². The third-order valence-electron chi connectivity index (χ3n) is 6.29. The van der Waals surface area contributed by atoms with Crippen molar-refractivity contribution in [3.05, 3.63) is 33.5 Å². The van der Waals surface area contributed by atoms with E-state index in [1.807, 2.05) is 13.8 Å². The van der Waals surface area contributed by atoms with Gasteiger partial charge in [0.05, 0.1) is 12.5 Å². The van der Waals surface area contributed by atoms with E-state index < -0.39 is 22.6 Å². The molecule has 0 saturated heterocycles. The van der Waals surface area contributed by atoms with Crippen molar-refractivity contribution in [1.82, 2.24) is 0 Å². The number of phenolic OH excluding ortho intramolecular Hbond substituents is 2. The first-order valence-corrected chi connectivity index (χ1v) is 11.3. The Morgan fingerprint density at radius 3 is 2.50 bits per heavy atom. The largest absolute Gasteiger partial charge is 0.507 e. The van der Waals surface area contributed by atoms with E-state index in [1.54, 1.807) is 19.9 Å². The fourth-order valence-electron chi connectivity index (χ4n) is 4.65. The highest BCUT2D eigenvalue weighted by molar-refractivity contribution is 5.97. The number of aromatic hydroxyl groups is 2. The number of benzene rings is 2. The molecule has 0 radical (unpaired) electrons. The number of ether oxygens (including phenoxy) is 3. The van der Waals surface area contributed by atoms with Gasteiger partial charge in [0, 0.05) is 30.2 Å². The Labute approximate surface area is 197 Å². The van der Waals surface area contributed by atoms with Crippen LogP contribution in [0, 0.1) is 0 Å². The molecular formula is C26H30O8. The van der Waals surface area contributed by atoms with Gasteiger partial charge >= 0.3 is 5.97 Å². The molecule has 0 spiro atoms. The van der Waals surface area contributed by atoms with Crippen LogP contribution in [-0.2, 0) is 22.4 Å². The summed E-state index contributed by atoms with van der Waals surface area (Å²) in [6.45, 7) is 8.79. The summed E-state index contributed by atoms with van der Waals surface area (Å²) in [5.74, 6) is -0.136. The maximum absolute atomic E-state index is 13.7. The standard InChI is InChI=1S/C26H30O8/c1-13(27)33-25(2,3)10-8-15-20-18(11-16(28)24(15)31-6)32-19-12-17-14(7-9-26(4,5)34-17)22(29)21(19)23(20)30/h11-12,28-29H,7-10H2,1-6H3. The summed E-state index contributed by atoms with van der Waals surface area (Å²) in [5, 5.41) is 21.9. The van der Waals surface area contributed by atoms with Gasteiger partial charge in [-0.3, -0.25) is 9.59 Å². The molecule has 0 fully saturated rings. The maximum Gasteiger partial charge on any atom is 0.303 e. The second-order valence-electron chi connectivity index (χ2n) is 10.0. The van der Waals surface area contributed by atoms with Crippen LogP contribution in [0.15, 0.2) is 21.3 Å². The quantitative estimate of drug-likeness (QED) is 0.406. The van der Waals surface area contributed by atoms with E-state index in [0.717, 1.165) is 0 Å². The smallest absolute Gasteiger partial charge is 0.303 e. The van der Waals surface area contributed by atoms with Crippen LogP contribution in [0.25, 0.3) is 21.9 Å². The number of methoxy groups -OCH3 is 1. The van der Waals surface area contributed by atoms with Crippen LogP contribution in [0.3, 0.4) is 0 Å². The van der Waals surface area contributed by atoms with E-state index in [2.05, 4.69) is 0 Å². The Bertz CT molecular complexity index is 1360. The van der Waals surface area contributed by atoms with Crippen LogP contribution in [0.1, 0.15) is 58.6 Å². The van der Waals surface area contributed by atoms with Crippen molar-refractivity contribution in [3.63, 3.8) is 0 Å². The predicted molar refractivity (Wildman–Crippen MR) is 127 cm³/mol. The van der Waals surface area contributed by atoms with E-state index in [-0.39, 0.29) is 45.6 Å². The summed E-state index contributed by atoms with van der Waals surface area (Å²) in [5.41, 5.74) is -0.327. The van der Waals surface area contributed by atoms with Crippen LogP contribution in [0.2, 0.25) is 0 Å². The molecule has 3 aromatic rings. The minimum atomic E-state index is -0.809. The average molecular weight is 471 g/mol. The second-order valence-corrected chi connectivity index (χ2v) is 10.0. The number of esters is 1. The zero-order valence-electron chi connectivity index (χ0n) is 20.3. The molecule has 34 heavy (non-hydrogen) atoms. The highest BCUT2D eigenvalue weighted by atomic mass is 16.6. The van der Waals surface area contributed by atoms with Crippen molar-refractivity contribution in [2.75, 3.05) is 7.11 Å². The number of hydrogen-bond donors (Lipinski definition) is 2. The number of hydrogen-bond acceptors (Lipinski definition) is 8. The predicted octanol–water partition coefficient (Wildman–Crippen LogP) is 4.74. The molecule has 1 aliphatic rings. The van der Waals surface area contributed by atoms with Crippen molar-refractivity contribution in [2.24, 2.45) is 0 Å². The van der Waals surface area contributed by atoms with E-state index in [0.29, 0.717) is 36.1 Å². The molecule has 4 rings (SSSR count). The van der Waals surface area contributed by atoms with Gasteiger partial charge in [-0.25, -0.2) is 0 Å². The SMILES string of the molecule is COc1c(O)cc2oc3cc4c(c(O)c3c(=O)c2c1CCC(C)(C)OC(C)=O)CCC(C)(C)O4. The number of rotatable bonds is 5. The van der Waals surface area contributed by atoms with Gasteiger partial charge in [0.15, 0.2) is 11.5 Å². The maximum atomic E-state index is 13.7. The molecule has 0 amide bonds. The molecule has 0 bridgehead atoms. The second kappa shape index (κ2) is 8.11. The van der Waals surface area contributed by atoms with Crippen LogP contribution in [-0.4, -0.2) is 34.5 Å². The Hall–Kier alpha value is -3.42. The molecule has 0 unspecified atom stereocenters. The minimum absolute atomic E-state index is 0.0581. The highest BCUT2D eigenvalue weighted by Gasteiger charge is 2.31. The van der Waals surface area contributed by atoms with Gasteiger partial charge in [-0.1, -0.05) is 0 Å². The van der Waals surface area contributed by atoms with E-state index in [9.17, 15) is 19.8 Å². The van der Waals surface area contributed by atoms with Crippen molar-refractivity contribution < 1.29 is 33.6 Å². The van der Waals surface area contributed by atoms with Crippen LogP contribution in [0.4, 0.5) is 0 Å². The Kier molecular flexibility index (Phi) is 5.66. The normalized spacial score (nSPS) is 15.1. The zero-order valence-corrected chi connectivity index (χ0v) is 20.3.